The minimum atomic E-state index is -0.767. The van der Waals surface area contributed by atoms with Crippen LogP contribution in [0, 0.1) is 11.3 Å². The summed E-state index contributed by atoms with van der Waals surface area (Å²) in [4.78, 5) is 11.9. The quantitative estimate of drug-likeness (QED) is 0.613. The average molecular weight is 261 g/mol. The van der Waals surface area contributed by atoms with Crippen LogP contribution >= 0.6 is 0 Å². The predicted molar refractivity (Wildman–Crippen MR) is 66.8 cm³/mol. The summed E-state index contributed by atoms with van der Waals surface area (Å²) in [6, 6.07) is 9.19. The molecule has 100 valence electrons. The summed E-state index contributed by atoms with van der Waals surface area (Å²) >= 11 is 0. The highest BCUT2D eigenvalue weighted by molar-refractivity contribution is 5.76. The van der Waals surface area contributed by atoms with Crippen LogP contribution in [0.4, 0.5) is 0 Å². The van der Waals surface area contributed by atoms with Crippen LogP contribution in [0.5, 0.6) is 11.5 Å². The molecule has 0 saturated heterocycles. The second kappa shape index (κ2) is 6.10. The molecule has 5 heteroatoms. The van der Waals surface area contributed by atoms with Crippen LogP contribution in [-0.2, 0) is 9.53 Å². The highest BCUT2D eigenvalue weighted by atomic mass is 16.6. The smallest absolute Gasteiger partial charge is 0.351 e. The number of para-hydroxylation sites is 2. The van der Waals surface area contributed by atoms with Gasteiger partial charge < -0.3 is 14.2 Å². The number of ether oxygens (including phenoxy) is 3. The van der Waals surface area contributed by atoms with E-state index in [1.807, 2.05) is 18.2 Å². The van der Waals surface area contributed by atoms with Crippen LogP contribution in [0.3, 0.4) is 0 Å². The largest absolute Gasteiger partial charge is 0.482 e. The van der Waals surface area contributed by atoms with E-state index < -0.39 is 18.2 Å². The molecule has 1 aromatic rings. The Kier molecular flexibility index (Phi) is 4.24. The molecule has 0 saturated carbocycles. The lowest BCUT2D eigenvalue weighted by Gasteiger charge is -2.30. The van der Waals surface area contributed by atoms with Crippen LogP contribution in [0.15, 0.2) is 24.3 Å². The van der Waals surface area contributed by atoms with Crippen molar-refractivity contribution in [3.63, 3.8) is 0 Å². The summed E-state index contributed by atoms with van der Waals surface area (Å²) in [7, 11) is 0. The maximum absolute atomic E-state index is 11.9. The van der Waals surface area contributed by atoms with Crippen molar-refractivity contribution in [2.75, 3.05) is 6.61 Å². The molecule has 1 heterocycles. The van der Waals surface area contributed by atoms with Gasteiger partial charge in [-0.25, -0.2) is 4.79 Å². The van der Waals surface area contributed by atoms with Gasteiger partial charge in [0, 0.05) is 6.42 Å². The fraction of sp³-hybridized carbons (Fsp3) is 0.429. The summed E-state index contributed by atoms with van der Waals surface area (Å²) < 4.78 is 16.3. The van der Waals surface area contributed by atoms with Gasteiger partial charge in [-0.05, 0) is 25.5 Å². The number of benzene rings is 1. The maximum atomic E-state index is 11.9. The van der Waals surface area contributed by atoms with E-state index in [9.17, 15) is 4.79 Å². The van der Waals surface area contributed by atoms with Crippen molar-refractivity contribution < 1.29 is 19.0 Å². The first-order valence-electron chi connectivity index (χ1n) is 6.18. The maximum Gasteiger partial charge on any atom is 0.351 e. The van der Waals surface area contributed by atoms with E-state index in [-0.39, 0.29) is 6.61 Å². The molecule has 2 atom stereocenters. The van der Waals surface area contributed by atoms with Gasteiger partial charge in [-0.15, -0.1) is 0 Å². The Bertz CT molecular complexity index is 494. The van der Waals surface area contributed by atoms with Crippen LogP contribution in [0.25, 0.3) is 0 Å². The zero-order valence-electron chi connectivity index (χ0n) is 10.7. The van der Waals surface area contributed by atoms with E-state index in [4.69, 9.17) is 19.5 Å². The zero-order chi connectivity index (χ0) is 13.7. The number of rotatable bonds is 4. The summed E-state index contributed by atoms with van der Waals surface area (Å²) in [6.45, 7) is 1.98. The topological polar surface area (TPSA) is 68.6 Å². The Morgan fingerprint density at radius 3 is 2.74 bits per heavy atom. The van der Waals surface area contributed by atoms with Crippen LogP contribution in [0.2, 0.25) is 0 Å². The molecular weight excluding hydrogens is 246 g/mol. The molecule has 0 aromatic heterocycles. The summed E-state index contributed by atoms with van der Waals surface area (Å²) in [5.74, 6) is 0.711. The van der Waals surface area contributed by atoms with Gasteiger partial charge in [-0.3, -0.25) is 0 Å². The highest BCUT2D eigenvalue weighted by Gasteiger charge is 2.35. The van der Waals surface area contributed by atoms with Crippen molar-refractivity contribution >= 4 is 5.97 Å². The fourth-order valence-electron chi connectivity index (χ4n) is 1.79. The lowest BCUT2D eigenvalue weighted by atomic mass is 10.2. The third-order valence-electron chi connectivity index (χ3n) is 2.75. The Balaban J connectivity index is 1.94. The van der Waals surface area contributed by atoms with Gasteiger partial charge in [0.05, 0.1) is 12.7 Å². The molecule has 1 aliphatic heterocycles. The average Bonchev–Trinajstić information content (AvgIpc) is 2.42. The minimum Gasteiger partial charge on any atom is -0.482 e. The summed E-state index contributed by atoms with van der Waals surface area (Å²) in [5.41, 5.74) is 0. The standard InChI is InChI=1S/C14H15NO4/c1-10-13(14(16)17-9-5-4-8-15)19-12-7-3-2-6-11(12)18-10/h2-3,6-7,10,13H,4-5,9H2,1H3. The lowest BCUT2D eigenvalue weighted by molar-refractivity contribution is -0.157. The molecule has 0 N–H and O–H groups in total. The van der Waals surface area contributed by atoms with E-state index in [0.29, 0.717) is 24.3 Å². The van der Waals surface area contributed by atoms with Crippen LogP contribution in [0.1, 0.15) is 19.8 Å². The monoisotopic (exact) mass is 261 g/mol. The summed E-state index contributed by atoms with van der Waals surface area (Å²) in [6.07, 6.45) is -0.274. The van der Waals surface area contributed by atoms with E-state index in [1.165, 1.54) is 0 Å². The van der Waals surface area contributed by atoms with Gasteiger partial charge in [0.15, 0.2) is 11.5 Å². The second-order valence-corrected chi connectivity index (χ2v) is 4.24. The molecule has 2 rings (SSSR count). The van der Waals surface area contributed by atoms with Crippen molar-refractivity contribution in [3.8, 4) is 17.6 Å². The number of carbonyl (C=O) groups is 1. The molecule has 5 nitrogen and oxygen atoms in total. The molecule has 1 aliphatic rings. The third kappa shape index (κ3) is 3.16. The number of carbonyl (C=O) groups excluding carboxylic acids is 1. The molecule has 0 amide bonds. The van der Waals surface area contributed by atoms with Crippen molar-refractivity contribution in [2.24, 2.45) is 0 Å². The first-order chi connectivity index (χ1) is 9.22. The van der Waals surface area contributed by atoms with Gasteiger partial charge >= 0.3 is 5.97 Å². The molecule has 0 bridgehead atoms. The Labute approximate surface area is 111 Å². The van der Waals surface area contributed by atoms with Gasteiger partial charge in [0.25, 0.3) is 0 Å². The van der Waals surface area contributed by atoms with E-state index >= 15 is 0 Å². The van der Waals surface area contributed by atoms with Crippen molar-refractivity contribution in [2.45, 2.75) is 32.0 Å². The number of hydrogen-bond donors (Lipinski definition) is 0. The molecule has 0 radical (unpaired) electrons. The predicted octanol–water partition coefficient (Wildman–Crippen LogP) is 2.06. The molecule has 0 fully saturated rings. The zero-order valence-corrected chi connectivity index (χ0v) is 10.7. The number of nitrogens with zero attached hydrogens (tertiary/aromatic N) is 1. The molecule has 1 aromatic carbocycles. The molecular formula is C14H15NO4. The highest BCUT2D eigenvalue weighted by Crippen LogP contribution is 2.33. The van der Waals surface area contributed by atoms with Gasteiger partial charge in [0.1, 0.15) is 6.10 Å². The van der Waals surface area contributed by atoms with Crippen molar-refractivity contribution in [1.29, 1.82) is 5.26 Å². The van der Waals surface area contributed by atoms with E-state index in [2.05, 4.69) is 0 Å². The number of hydrogen-bond acceptors (Lipinski definition) is 5. The van der Waals surface area contributed by atoms with Crippen LogP contribution < -0.4 is 9.47 Å². The number of unbranched alkanes of at least 4 members (excludes halogenated alkanes) is 1. The summed E-state index contributed by atoms with van der Waals surface area (Å²) in [5, 5.41) is 8.40. The Morgan fingerprint density at radius 1 is 1.37 bits per heavy atom. The SMILES string of the molecule is CC1Oc2ccccc2OC1C(=O)OCCCC#N. The first kappa shape index (κ1) is 13.2. The molecule has 2 unspecified atom stereocenters. The van der Waals surface area contributed by atoms with Gasteiger partial charge in [-0.1, -0.05) is 12.1 Å². The van der Waals surface area contributed by atoms with Crippen LogP contribution in [-0.4, -0.2) is 24.8 Å². The third-order valence-corrected chi connectivity index (χ3v) is 2.75. The molecule has 0 aliphatic carbocycles. The van der Waals surface area contributed by atoms with Gasteiger partial charge in [-0.2, -0.15) is 5.26 Å². The first-order valence-corrected chi connectivity index (χ1v) is 6.18. The fourth-order valence-corrected chi connectivity index (χ4v) is 1.79. The van der Waals surface area contributed by atoms with E-state index in [1.54, 1.807) is 19.1 Å². The Morgan fingerprint density at radius 2 is 2.05 bits per heavy atom. The normalized spacial score (nSPS) is 20.4. The molecule has 0 spiro atoms. The minimum absolute atomic E-state index is 0.223. The van der Waals surface area contributed by atoms with Crippen molar-refractivity contribution in [1.82, 2.24) is 0 Å². The van der Waals surface area contributed by atoms with E-state index in [0.717, 1.165) is 0 Å². The number of nitriles is 1. The molecule has 19 heavy (non-hydrogen) atoms. The van der Waals surface area contributed by atoms with Gasteiger partial charge in [0.2, 0.25) is 6.10 Å². The number of fused-ring (bicyclic) bond motifs is 1. The second-order valence-electron chi connectivity index (χ2n) is 4.24. The van der Waals surface area contributed by atoms with Crippen molar-refractivity contribution in [3.05, 3.63) is 24.3 Å². The Hall–Kier alpha value is -2.22. The lowest BCUT2D eigenvalue weighted by Crippen LogP contribution is -2.44. The number of esters is 1.